The molecule has 0 radical (unpaired) electrons. The highest BCUT2D eigenvalue weighted by Crippen LogP contribution is 2.32. The third-order valence-electron chi connectivity index (χ3n) is 4.26. The zero-order chi connectivity index (χ0) is 15.5. The minimum Gasteiger partial charge on any atom is -0.496 e. The fourth-order valence-corrected chi connectivity index (χ4v) is 2.90. The average molecular weight is 293 g/mol. The molecule has 5 heteroatoms. The van der Waals surface area contributed by atoms with Crippen LogP contribution in [0.4, 0.5) is 0 Å². The third kappa shape index (κ3) is 3.13. The Balaban J connectivity index is 2.26. The summed E-state index contributed by atoms with van der Waals surface area (Å²) in [5.41, 5.74) is 0.853. The molecule has 1 saturated carbocycles. The van der Waals surface area contributed by atoms with Gasteiger partial charge in [-0.2, -0.15) is 0 Å². The van der Waals surface area contributed by atoms with Gasteiger partial charge in [0.2, 0.25) is 0 Å². The Bertz CT molecular complexity index is 496. The van der Waals surface area contributed by atoms with Crippen molar-refractivity contribution in [1.82, 2.24) is 5.32 Å². The first-order valence-electron chi connectivity index (χ1n) is 7.21. The first-order chi connectivity index (χ1) is 10.0. The standard InChI is InChI=1S/C16H23NO4/c1-11-13(20-2)8-12(9-14(11)21-3)15(19)17-16(10-18)6-4-5-7-16/h8-9,18H,4-7,10H2,1-3H3,(H,17,19). The average Bonchev–Trinajstić information content (AvgIpc) is 2.96. The molecule has 1 aliphatic carbocycles. The van der Waals surface area contributed by atoms with Crippen LogP contribution in [-0.4, -0.2) is 37.4 Å². The molecule has 0 saturated heterocycles. The number of aliphatic hydroxyl groups is 1. The Hall–Kier alpha value is -1.75. The summed E-state index contributed by atoms with van der Waals surface area (Å²) in [6.45, 7) is 1.85. The molecule has 5 nitrogen and oxygen atoms in total. The van der Waals surface area contributed by atoms with E-state index in [9.17, 15) is 9.90 Å². The number of aliphatic hydroxyl groups excluding tert-OH is 1. The predicted octanol–water partition coefficient (Wildman–Crippen LogP) is 2.05. The minimum atomic E-state index is -0.484. The molecule has 21 heavy (non-hydrogen) atoms. The van der Waals surface area contributed by atoms with Gasteiger partial charge in [0, 0.05) is 11.1 Å². The summed E-state index contributed by atoms with van der Waals surface area (Å²) in [7, 11) is 3.13. The zero-order valence-corrected chi connectivity index (χ0v) is 12.9. The van der Waals surface area contributed by atoms with E-state index in [1.807, 2.05) is 6.92 Å². The molecule has 1 aromatic rings. The minimum absolute atomic E-state index is 0.0289. The lowest BCUT2D eigenvalue weighted by Gasteiger charge is -2.28. The van der Waals surface area contributed by atoms with E-state index in [4.69, 9.17) is 9.47 Å². The first-order valence-corrected chi connectivity index (χ1v) is 7.21. The number of carbonyl (C=O) groups excluding carboxylic acids is 1. The van der Waals surface area contributed by atoms with Gasteiger partial charge in [-0.3, -0.25) is 4.79 Å². The Labute approximate surface area is 125 Å². The van der Waals surface area contributed by atoms with Crippen LogP contribution in [0.25, 0.3) is 0 Å². The number of amides is 1. The molecule has 0 aromatic heterocycles. The highest BCUT2D eigenvalue weighted by atomic mass is 16.5. The summed E-state index contributed by atoms with van der Waals surface area (Å²) in [5, 5.41) is 12.6. The molecule has 1 aliphatic rings. The molecule has 0 aliphatic heterocycles. The van der Waals surface area contributed by atoms with E-state index in [0.717, 1.165) is 31.2 Å². The van der Waals surface area contributed by atoms with Gasteiger partial charge in [0.05, 0.1) is 26.4 Å². The second-order valence-corrected chi connectivity index (χ2v) is 5.61. The fourth-order valence-electron chi connectivity index (χ4n) is 2.90. The number of benzene rings is 1. The number of rotatable bonds is 5. The summed E-state index contributed by atoms with van der Waals surface area (Å²) in [5.74, 6) is 1.02. The fraction of sp³-hybridized carbons (Fsp3) is 0.562. The predicted molar refractivity (Wildman–Crippen MR) is 80.0 cm³/mol. The van der Waals surface area contributed by atoms with Crippen LogP contribution in [0.3, 0.4) is 0 Å². The van der Waals surface area contributed by atoms with Crippen molar-refractivity contribution >= 4 is 5.91 Å². The molecule has 2 rings (SSSR count). The topological polar surface area (TPSA) is 67.8 Å². The van der Waals surface area contributed by atoms with E-state index in [-0.39, 0.29) is 12.5 Å². The van der Waals surface area contributed by atoms with Crippen molar-refractivity contribution in [2.24, 2.45) is 0 Å². The molecule has 0 bridgehead atoms. The highest BCUT2D eigenvalue weighted by Gasteiger charge is 2.35. The van der Waals surface area contributed by atoms with Crippen LogP contribution in [0.2, 0.25) is 0 Å². The van der Waals surface area contributed by atoms with Crippen molar-refractivity contribution in [3.05, 3.63) is 23.3 Å². The van der Waals surface area contributed by atoms with Crippen LogP contribution < -0.4 is 14.8 Å². The highest BCUT2D eigenvalue weighted by molar-refractivity contribution is 5.95. The smallest absolute Gasteiger partial charge is 0.252 e. The van der Waals surface area contributed by atoms with Crippen molar-refractivity contribution in [2.75, 3.05) is 20.8 Å². The molecular formula is C16H23NO4. The van der Waals surface area contributed by atoms with Gasteiger partial charge in [0.15, 0.2) is 0 Å². The van der Waals surface area contributed by atoms with Crippen molar-refractivity contribution < 1.29 is 19.4 Å². The number of carbonyl (C=O) groups is 1. The van der Waals surface area contributed by atoms with E-state index in [0.29, 0.717) is 17.1 Å². The summed E-state index contributed by atoms with van der Waals surface area (Å²) in [6.07, 6.45) is 3.69. The van der Waals surface area contributed by atoms with Gasteiger partial charge in [-0.05, 0) is 31.9 Å². The van der Waals surface area contributed by atoms with Crippen molar-refractivity contribution in [1.29, 1.82) is 0 Å². The zero-order valence-electron chi connectivity index (χ0n) is 12.9. The van der Waals surface area contributed by atoms with Crippen LogP contribution in [0.5, 0.6) is 11.5 Å². The molecule has 0 unspecified atom stereocenters. The maximum atomic E-state index is 12.5. The van der Waals surface area contributed by atoms with Gasteiger partial charge >= 0.3 is 0 Å². The van der Waals surface area contributed by atoms with Crippen LogP contribution in [0.15, 0.2) is 12.1 Å². The molecule has 2 N–H and O–H groups in total. The summed E-state index contributed by atoms with van der Waals surface area (Å²) in [6, 6.07) is 3.40. The molecule has 1 amide bonds. The molecule has 1 fully saturated rings. The lowest BCUT2D eigenvalue weighted by atomic mass is 9.98. The summed E-state index contributed by atoms with van der Waals surface area (Å²) >= 11 is 0. The van der Waals surface area contributed by atoms with E-state index in [1.54, 1.807) is 26.4 Å². The van der Waals surface area contributed by atoms with Crippen LogP contribution >= 0.6 is 0 Å². The van der Waals surface area contributed by atoms with Crippen molar-refractivity contribution in [3.8, 4) is 11.5 Å². The van der Waals surface area contributed by atoms with Crippen molar-refractivity contribution in [2.45, 2.75) is 38.1 Å². The second-order valence-electron chi connectivity index (χ2n) is 5.61. The number of ether oxygens (including phenoxy) is 2. The summed E-state index contributed by atoms with van der Waals surface area (Å²) in [4.78, 5) is 12.5. The maximum Gasteiger partial charge on any atom is 0.252 e. The Morgan fingerprint density at radius 1 is 1.24 bits per heavy atom. The SMILES string of the molecule is COc1cc(C(=O)NC2(CO)CCCC2)cc(OC)c1C. The Morgan fingerprint density at radius 3 is 2.19 bits per heavy atom. The summed E-state index contributed by atoms with van der Waals surface area (Å²) < 4.78 is 10.6. The van der Waals surface area contributed by atoms with Gasteiger partial charge in [0.1, 0.15) is 11.5 Å². The van der Waals surface area contributed by atoms with E-state index < -0.39 is 5.54 Å². The van der Waals surface area contributed by atoms with E-state index in [1.165, 1.54) is 0 Å². The number of hydrogen-bond acceptors (Lipinski definition) is 4. The second kappa shape index (κ2) is 6.35. The monoisotopic (exact) mass is 293 g/mol. The first kappa shape index (κ1) is 15.6. The number of methoxy groups -OCH3 is 2. The van der Waals surface area contributed by atoms with Gasteiger partial charge in [-0.25, -0.2) is 0 Å². The molecule has 0 atom stereocenters. The normalized spacial score (nSPS) is 16.6. The van der Waals surface area contributed by atoms with Crippen LogP contribution in [0, 0.1) is 6.92 Å². The molecular weight excluding hydrogens is 270 g/mol. The quantitative estimate of drug-likeness (QED) is 0.872. The maximum absolute atomic E-state index is 12.5. The lowest BCUT2D eigenvalue weighted by Crippen LogP contribution is -2.49. The Kier molecular flexibility index (Phi) is 4.73. The van der Waals surface area contributed by atoms with Crippen LogP contribution in [-0.2, 0) is 0 Å². The number of hydrogen-bond donors (Lipinski definition) is 2. The van der Waals surface area contributed by atoms with Gasteiger partial charge in [-0.15, -0.1) is 0 Å². The lowest BCUT2D eigenvalue weighted by molar-refractivity contribution is 0.0838. The van der Waals surface area contributed by atoms with E-state index in [2.05, 4.69) is 5.32 Å². The molecule has 1 aromatic carbocycles. The molecule has 0 heterocycles. The molecule has 0 spiro atoms. The van der Waals surface area contributed by atoms with Gasteiger partial charge < -0.3 is 19.9 Å². The van der Waals surface area contributed by atoms with Crippen LogP contribution in [0.1, 0.15) is 41.6 Å². The number of nitrogens with one attached hydrogen (secondary N) is 1. The van der Waals surface area contributed by atoms with Gasteiger partial charge in [0.25, 0.3) is 5.91 Å². The van der Waals surface area contributed by atoms with Crippen molar-refractivity contribution in [3.63, 3.8) is 0 Å². The largest absolute Gasteiger partial charge is 0.496 e. The third-order valence-corrected chi connectivity index (χ3v) is 4.26. The van der Waals surface area contributed by atoms with E-state index >= 15 is 0 Å². The Morgan fingerprint density at radius 2 is 1.76 bits per heavy atom. The molecule has 116 valence electrons. The van der Waals surface area contributed by atoms with Gasteiger partial charge in [-0.1, -0.05) is 12.8 Å².